The van der Waals surface area contributed by atoms with Crippen LogP contribution in [0.5, 0.6) is 0 Å². The Kier molecular flexibility index (Phi) is 11.5. The van der Waals surface area contributed by atoms with Gasteiger partial charge in [-0.2, -0.15) is 0 Å². The van der Waals surface area contributed by atoms with Crippen molar-refractivity contribution in [2.75, 3.05) is 17.4 Å². The Hall–Kier alpha value is -2.78. The predicted octanol–water partition coefficient (Wildman–Crippen LogP) is 6.79. The summed E-state index contributed by atoms with van der Waals surface area (Å²) < 4.78 is 29.0. The van der Waals surface area contributed by atoms with E-state index in [1.165, 1.54) is 29.2 Å². The van der Waals surface area contributed by atoms with Crippen LogP contribution in [-0.2, 0) is 26.2 Å². The maximum Gasteiger partial charge on any atom is 0.264 e. The van der Waals surface area contributed by atoms with Crippen LogP contribution in [0.3, 0.4) is 0 Å². The van der Waals surface area contributed by atoms with Gasteiger partial charge in [0.25, 0.3) is 10.0 Å². The zero-order valence-electron chi connectivity index (χ0n) is 23.5. The molecular weight excluding hydrogens is 605 g/mol. The van der Waals surface area contributed by atoms with Crippen molar-refractivity contribution in [1.82, 2.24) is 10.2 Å². The van der Waals surface area contributed by atoms with Crippen LogP contribution in [0.2, 0.25) is 15.1 Å². The second-order valence-electron chi connectivity index (χ2n) is 9.71. The summed E-state index contributed by atoms with van der Waals surface area (Å²) in [5, 5.41) is 4.00. The number of nitrogens with zero attached hydrogens (tertiary/aromatic N) is 2. The maximum absolute atomic E-state index is 14.1. The van der Waals surface area contributed by atoms with Crippen molar-refractivity contribution in [1.29, 1.82) is 0 Å². The molecule has 0 fully saturated rings. The molecule has 3 rings (SSSR count). The molecule has 0 radical (unpaired) electrons. The molecule has 0 bridgehead atoms. The van der Waals surface area contributed by atoms with Crippen LogP contribution >= 0.6 is 34.8 Å². The fourth-order valence-electron chi connectivity index (χ4n) is 4.26. The fraction of sp³-hybridized carbons (Fsp3) is 0.333. The minimum absolute atomic E-state index is 0.0192. The second kappa shape index (κ2) is 14.4. The number of sulfonamides is 1. The van der Waals surface area contributed by atoms with Crippen molar-refractivity contribution >= 4 is 62.3 Å². The van der Waals surface area contributed by atoms with Crippen molar-refractivity contribution in [2.24, 2.45) is 0 Å². The van der Waals surface area contributed by atoms with Crippen molar-refractivity contribution in [3.05, 3.63) is 92.4 Å². The lowest BCUT2D eigenvalue weighted by Gasteiger charge is -2.33. The molecule has 0 aliphatic carbocycles. The number of aryl methyl sites for hydroxylation is 2. The Labute approximate surface area is 257 Å². The molecule has 7 nitrogen and oxygen atoms in total. The van der Waals surface area contributed by atoms with Crippen LogP contribution in [0, 0.1) is 13.8 Å². The van der Waals surface area contributed by atoms with Gasteiger partial charge in [-0.3, -0.25) is 13.9 Å². The Bertz CT molecular complexity index is 1500. The largest absolute Gasteiger partial charge is 0.354 e. The van der Waals surface area contributed by atoms with E-state index in [2.05, 4.69) is 5.32 Å². The van der Waals surface area contributed by atoms with Gasteiger partial charge in [-0.05, 0) is 91.9 Å². The molecule has 1 N–H and O–H groups in total. The Balaban J connectivity index is 2.10. The molecule has 0 aliphatic heterocycles. The first kappa shape index (κ1) is 32.7. The molecule has 0 saturated heterocycles. The minimum Gasteiger partial charge on any atom is -0.354 e. The number of amides is 2. The summed E-state index contributed by atoms with van der Waals surface area (Å²) in [6.45, 7) is 7.39. The molecule has 2 amide bonds. The molecule has 41 heavy (non-hydrogen) atoms. The Morgan fingerprint density at radius 2 is 1.54 bits per heavy atom. The highest BCUT2D eigenvalue weighted by molar-refractivity contribution is 7.92. The second-order valence-corrected chi connectivity index (χ2v) is 12.8. The number of halogens is 3. The van der Waals surface area contributed by atoms with Crippen LogP contribution in [0.25, 0.3) is 0 Å². The van der Waals surface area contributed by atoms with Gasteiger partial charge in [-0.25, -0.2) is 8.42 Å². The molecule has 1 atom stereocenters. The lowest BCUT2D eigenvalue weighted by atomic mass is 10.1. The average Bonchev–Trinajstić information content (AvgIpc) is 2.93. The Morgan fingerprint density at radius 1 is 0.878 bits per heavy atom. The zero-order chi connectivity index (χ0) is 30.3. The van der Waals surface area contributed by atoms with Crippen molar-refractivity contribution < 1.29 is 18.0 Å². The van der Waals surface area contributed by atoms with Crippen LogP contribution in [-0.4, -0.2) is 44.3 Å². The van der Waals surface area contributed by atoms with E-state index in [9.17, 15) is 18.0 Å². The smallest absolute Gasteiger partial charge is 0.264 e. The number of hydrogen-bond acceptors (Lipinski definition) is 4. The van der Waals surface area contributed by atoms with Gasteiger partial charge in [-0.15, -0.1) is 0 Å². The molecule has 3 aromatic carbocycles. The summed E-state index contributed by atoms with van der Waals surface area (Å²) in [5.74, 6) is -0.892. The maximum atomic E-state index is 14.1. The van der Waals surface area contributed by atoms with Crippen LogP contribution in [0.1, 0.15) is 43.4 Å². The third-order valence-electron chi connectivity index (χ3n) is 6.75. The molecule has 0 aromatic heterocycles. The summed E-state index contributed by atoms with van der Waals surface area (Å²) in [6.07, 6.45) is 1.03. The van der Waals surface area contributed by atoms with Crippen LogP contribution < -0.4 is 9.62 Å². The normalized spacial score (nSPS) is 12.1. The molecule has 0 aliphatic rings. The van der Waals surface area contributed by atoms with Gasteiger partial charge in [-0.1, -0.05) is 60.8 Å². The number of carbonyl (C=O) groups is 2. The quantitative estimate of drug-likeness (QED) is 0.237. The van der Waals surface area contributed by atoms with E-state index in [4.69, 9.17) is 34.8 Å². The molecule has 0 saturated carbocycles. The number of anilines is 1. The highest BCUT2D eigenvalue weighted by atomic mass is 35.5. The summed E-state index contributed by atoms with van der Waals surface area (Å²) in [7, 11) is -4.20. The third kappa shape index (κ3) is 8.16. The van der Waals surface area contributed by atoms with Gasteiger partial charge >= 0.3 is 0 Å². The first-order chi connectivity index (χ1) is 19.4. The average molecular weight is 639 g/mol. The van der Waals surface area contributed by atoms with Gasteiger partial charge in [0.15, 0.2) is 0 Å². The lowest BCUT2D eigenvalue weighted by molar-refractivity contribution is -0.140. The summed E-state index contributed by atoms with van der Waals surface area (Å²) in [5.41, 5.74) is 2.73. The predicted molar refractivity (Wildman–Crippen MR) is 166 cm³/mol. The van der Waals surface area contributed by atoms with E-state index in [-0.39, 0.29) is 17.3 Å². The molecule has 11 heteroatoms. The van der Waals surface area contributed by atoms with Crippen molar-refractivity contribution in [2.45, 2.75) is 58.0 Å². The topological polar surface area (TPSA) is 86.8 Å². The fourth-order valence-corrected chi connectivity index (χ4v) is 6.26. The SMILES string of the molecule is CCCNC(=O)[C@@H](CC)N(Cc1ccc(Cl)cc1Cl)C(=O)CN(c1ccc(C)c(C)c1)S(=O)(=O)c1ccc(Cl)cc1. The lowest BCUT2D eigenvalue weighted by Crippen LogP contribution is -2.52. The zero-order valence-corrected chi connectivity index (χ0v) is 26.5. The highest BCUT2D eigenvalue weighted by Gasteiger charge is 2.34. The first-order valence-corrected chi connectivity index (χ1v) is 15.8. The van der Waals surface area contributed by atoms with Crippen molar-refractivity contribution in [3.8, 4) is 0 Å². The number of hydrogen-bond donors (Lipinski definition) is 1. The van der Waals surface area contributed by atoms with Crippen molar-refractivity contribution in [3.63, 3.8) is 0 Å². The van der Waals surface area contributed by atoms with E-state index < -0.39 is 28.5 Å². The highest BCUT2D eigenvalue weighted by Crippen LogP contribution is 2.28. The van der Waals surface area contributed by atoms with Crippen LogP contribution in [0.15, 0.2) is 65.6 Å². The van der Waals surface area contributed by atoms with E-state index in [1.807, 2.05) is 20.8 Å². The summed E-state index contributed by atoms with van der Waals surface area (Å²) in [6, 6.07) is 15.0. The number of carbonyl (C=O) groups excluding carboxylic acids is 2. The standard InChI is InChI=1S/C30H34Cl3N3O4S/c1-5-15-34-30(38)28(6-2)35(18-22-8-9-24(32)17-27(22)33)29(37)19-36(25-12-7-20(3)21(4)16-25)41(39,40)26-13-10-23(31)11-14-26/h7-14,16-17,28H,5-6,15,18-19H2,1-4H3,(H,34,38)/t28-/m1/s1. The van der Waals surface area contributed by atoms with Gasteiger partial charge < -0.3 is 10.2 Å². The summed E-state index contributed by atoms with van der Waals surface area (Å²) in [4.78, 5) is 28.7. The molecule has 3 aromatic rings. The minimum atomic E-state index is -4.20. The van der Waals surface area contributed by atoms with Gasteiger partial charge in [0.05, 0.1) is 10.6 Å². The van der Waals surface area contributed by atoms with E-state index in [0.29, 0.717) is 39.3 Å². The monoisotopic (exact) mass is 637 g/mol. The first-order valence-electron chi connectivity index (χ1n) is 13.3. The van der Waals surface area contributed by atoms with Gasteiger partial charge in [0.1, 0.15) is 12.6 Å². The molecule has 0 unspecified atom stereocenters. The molecule has 0 spiro atoms. The molecule has 220 valence electrons. The van der Waals surface area contributed by atoms with Crippen LogP contribution in [0.4, 0.5) is 5.69 Å². The van der Waals surface area contributed by atoms with E-state index in [1.54, 1.807) is 43.3 Å². The number of benzene rings is 3. The molecule has 0 heterocycles. The number of nitrogens with one attached hydrogen (secondary N) is 1. The summed E-state index contributed by atoms with van der Waals surface area (Å²) >= 11 is 18.5. The number of rotatable bonds is 12. The van der Waals surface area contributed by atoms with Gasteiger partial charge in [0, 0.05) is 28.2 Å². The third-order valence-corrected chi connectivity index (χ3v) is 9.38. The van der Waals surface area contributed by atoms with E-state index >= 15 is 0 Å². The van der Waals surface area contributed by atoms with Gasteiger partial charge in [0.2, 0.25) is 11.8 Å². The molecular formula is C30H34Cl3N3O4S. The Morgan fingerprint density at radius 3 is 2.12 bits per heavy atom. The van der Waals surface area contributed by atoms with E-state index in [0.717, 1.165) is 21.9 Å².